The summed E-state index contributed by atoms with van der Waals surface area (Å²) < 4.78 is 90.6. The number of halogens is 6. The highest BCUT2D eigenvalue weighted by atomic mass is 19.4. The van der Waals surface area contributed by atoms with Crippen LogP contribution in [0.25, 0.3) is 11.1 Å². The number of ketones is 1. The second-order valence-electron chi connectivity index (χ2n) is 11.5. The number of nitrogens with one attached hydrogen (secondary N) is 1. The molecule has 2 aromatic carbocycles. The van der Waals surface area contributed by atoms with Crippen molar-refractivity contribution in [3.05, 3.63) is 93.8 Å². The van der Waals surface area contributed by atoms with Crippen molar-refractivity contribution in [3.63, 3.8) is 0 Å². The van der Waals surface area contributed by atoms with E-state index in [0.717, 1.165) is 22.9 Å². The first-order chi connectivity index (χ1) is 22.8. The van der Waals surface area contributed by atoms with Crippen LogP contribution in [0.15, 0.2) is 42.6 Å². The zero-order valence-corrected chi connectivity index (χ0v) is 25.8. The lowest BCUT2D eigenvalue weighted by atomic mass is 9.87. The highest BCUT2D eigenvalue weighted by Crippen LogP contribution is 2.37. The van der Waals surface area contributed by atoms with Gasteiger partial charge in [-0.05, 0) is 67.5 Å². The lowest BCUT2D eigenvalue weighted by Gasteiger charge is -2.21. The number of carbonyl (C=O) groups excluding carboxylic acids is 2. The van der Waals surface area contributed by atoms with Gasteiger partial charge in [0.15, 0.2) is 11.5 Å². The van der Waals surface area contributed by atoms with Crippen LogP contribution in [0.2, 0.25) is 0 Å². The van der Waals surface area contributed by atoms with E-state index < -0.39 is 59.0 Å². The molecule has 3 N–H and O–H groups in total. The first kappa shape index (κ1) is 34.5. The quantitative estimate of drug-likeness (QED) is 0.136. The molecule has 0 fully saturated rings. The molecule has 0 saturated carbocycles. The molecule has 0 spiro atoms. The van der Waals surface area contributed by atoms with Crippen molar-refractivity contribution in [3.8, 4) is 11.1 Å². The van der Waals surface area contributed by atoms with Crippen LogP contribution in [0.5, 0.6) is 0 Å². The summed E-state index contributed by atoms with van der Waals surface area (Å²) in [6.07, 6.45) is -2.03. The van der Waals surface area contributed by atoms with Crippen LogP contribution in [0.1, 0.15) is 63.7 Å². The molecule has 5 rings (SSSR count). The van der Waals surface area contributed by atoms with Crippen molar-refractivity contribution < 1.29 is 40.7 Å². The summed E-state index contributed by atoms with van der Waals surface area (Å²) in [5, 5.41) is 6.77. The zero-order valence-electron chi connectivity index (χ0n) is 25.8. The molecule has 1 aliphatic carbocycles. The van der Waals surface area contributed by atoms with Crippen molar-refractivity contribution in [1.29, 1.82) is 0 Å². The fourth-order valence-electron chi connectivity index (χ4n) is 5.97. The summed E-state index contributed by atoms with van der Waals surface area (Å²) in [4.78, 5) is 34.6. The number of alkyl halides is 3. The number of fused-ring (bicyclic) bond motifs is 1. The van der Waals surface area contributed by atoms with Gasteiger partial charge in [-0.2, -0.15) is 18.3 Å². The summed E-state index contributed by atoms with van der Waals surface area (Å²) in [5.41, 5.74) is 5.29. The van der Waals surface area contributed by atoms with Crippen molar-refractivity contribution in [1.82, 2.24) is 19.7 Å². The Hall–Kier alpha value is -4.79. The number of methoxy groups -OCH3 is 1. The van der Waals surface area contributed by atoms with E-state index in [-0.39, 0.29) is 53.2 Å². The Morgan fingerprint density at radius 3 is 2.48 bits per heavy atom. The second-order valence-corrected chi connectivity index (χ2v) is 11.5. The Bertz CT molecular complexity index is 1810. The Morgan fingerprint density at radius 1 is 1.06 bits per heavy atom. The molecule has 48 heavy (non-hydrogen) atoms. The zero-order chi connectivity index (χ0) is 34.6. The lowest BCUT2D eigenvalue weighted by Crippen LogP contribution is -2.20. The molecule has 2 heterocycles. The standard InChI is InChI=1S/C33H32F6N6O3/c1-48-9-8-41-32-42-16-26(19-6-7-27(36)25(14-19)31(40)47)29(43-32)20(10-18-11-21(34)15-22(35)12-18)13-23(46)17-45-28-5-3-2-4-24(28)30(44-45)33(37,38)39/h6-7,11-12,14-16,20H,2-5,8-10,13,17H2,1H3,(H2,40,47)(H,41,42,43)/t20-/m0/s1. The third-order valence-electron chi connectivity index (χ3n) is 8.07. The number of primary amides is 1. The summed E-state index contributed by atoms with van der Waals surface area (Å²) in [6.45, 7) is 0.107. The molecule has 1 aliphatic rings. The van der Waals surface area contributed by atoms with Crippen LogP contribution in [-0.2, 0) is 41.5 Å². The van der Waals surface area contributed by atoms with Gasteiger partial charge in [-0.25, -0.2) is 23.1 Å². The maximum Gasteiger partial charge on any atom is 0.435 e. The first-order valence-electron chi connectivity index (χ1n) is 15.2. The summed E-state index contributed by atoms with van der Waals surface area (Å²) in [7, 11) is 1.50. The third kappa shape index (κ3) is 8.01. The highest BCUT2D eigenvalue weighted by Gasteiger charge is 2.39. The molecule has 254 valence electrons. The molecule has 0 aliphatic heterocycles. The van der Waals surface area contributed by atoms with Gasteiger partial charge in [0.2, 0.25) is 5.95 Å². The van der Waals surface area contributed by atoms with Gasteiger partial charge in [-0.1, -0.05) is 6.07 Å². The van der Waals surface area contributed by atoms with E-state index in [0.29, 0.717) is 44.2 Å². The van der Waals surface area contributed by atoms with E-state index in [4.69, 9.17) is 10.5 Å². The normalized spacial score (nSPS) is 13.6. The monoisotopic (exact) mass is 674 g/mol. The van der Waals surface area contributed by atoms with Gasteiger partial charge in [0.05, 0.1) is 24.4 Å². The van der Waals surface area contributed by atoms with Gasteiger partial charge in [0.1, 0.15) is 17.5 Å². The number of Topliss-reactive ketones (excluding diaryl/α,β-unsaturated/α-hetero) is 1. The van der Waals surface area contributed by atoms with Crippen LogP contribution in [-0.4, -0.2) is 51.7 Å². The number of carbonyl (C=O) groups is 2. The third-order valence-corrected chi connectivity index (χ3v) is 8.07. The van der Waals surface area contributed by atoms with Crippen molar-refractivity contribution in [2.45, 2.75) is 57.2 Å². The predicted molar refractivity (Wildman–Crippen MR) is 163 cm³/mol. The average molecular weight is 675 g/mol. The van der Waals surface area contributed by atoms with Crippen LogP contribution in [0.4, 0.5) is 32.3 Å². The number of benzene rings is 2. The van der Waals surface area contributed by atoms with Gasteiger partial charge in [0.25, 0.3) is 5.91 Å². The van der Waals surface area contributed by atoms with E-state index in [9.17, 15) is 35.9 Å². The molecule has 1 amide bonds. The largest absolute Gasteiger partial charge is 0.435 e. The molecule has 0 unspecified atom stereocenters. The van der Waals surface area contributed by atoms with E-state index in [1.807, 2.05) is 0 Å². The molecule has 15 heteroatoms. The number of nitrogens with zero attached hydrogens (tertiary/aromatic N) is 4. The van der Waals surface area contributed by atoms with Gasteiger partial charge < -0.3 is 15.8 Å². The van der Waals surface area contributed by atoms with Crippen molar-refractivity contribution in [2.24, 2.45) is 5.73 Å². The molecule has 2 aromatic heterocycles. The molecule has 1 atom stereocenters. The number of hydrogen-bond donors (Lipinski definition) is 2. The van der Waals surface area contributed by atoms with Crippen molar-refractivity contribution >= 4 is 17.6 Å². The summed E-state index contributed by atoms with van der Waals surface area (Å²) >= 11 is 0. The molecule has 9 nitrogen and oxygen atoms in total. The molecular formula is C33H32F6N6O3. The fraction of sp³-hybridized carbons (Fsp3) is 0.364. The van der Waals surface area contributed by atoms with Crippen LogP contribution in [0.3, 0.4) is 0 Å². The maximum absolute atomic E-state index is 14.4. The van der Waals surface area contributed by atoms with Gasteiger partial charge in [-0.15, -0.1) is 0 Å². The van der Waals surface area contributed by atoms with Crippen LogP contribution < -0.4 is 11.1 Å². The number of nitrogens with two attached hydrogens (primary N) is 1. The van der Waals surface area contributed by atoms with Crippen LogP contribution >= 0.6 is 0 Å². The number of hydrogen-bond acceptors (Lipinski definition) is 7. The Labute approximate surface area is 271 Å². The van der Waals surface area contributed by atoms with Crippen LogP contribution in [0, 0.1) is 17.5 Å². The number of aromatic nitrogens is 4. The smallest absolute Gasteiger partial charge is 0.383 e. The maximum atomic E-state index is 14.4. The van der Waals surface area contributed by atoms with Crippen molar-refractivity contribution in [2.75, 3.05) is 25.6 Å². The van der Waals surface area contributed by atoms with Gasteiger partial charge >= 0.3 is 6.18 Å². The lowest BCUT2D eigenvalue weighted by molar-refractivity contribution is -0.142. The minimum atomic E-state index is -4.69. The Kier molecular flexibility index (Phi) is 10.5. The van der Waals surface area contributed by atoms with E-state index in [1.54, 1.807) is 0 Å². The highest BCUT2D eigenvalue weighted by molar-refractivity contribution is 5.94. The topological polar surface area (TPSA) is 125 Å². The Balaban J connectivity index is 1.58. The number of rotatable bonds is 13. The Morgan fingerprint density at radius 2 is 1.79 bits per heavy atom. The number of amides is 1. The fourth-order valence-corrected chi connectivity index (χ4v) is 5.97. The van der Waals surface area contributed by atoms with Gasteiger partial charge in [0, 0.05) is 55.1 Å². The predicted octanol–water partition coefficient (Wildman–Crippen LogP) is 5.80. The minimum Gasteiger partial charge on any atom is -0.383 e. The van der Waals surface area contributed by atoms with E-state index >= 15 is 0 Å². The van der Waals surface area contributed by atoms with Gasteiger partial charge in [-0.3, -0.25) is 14.3 Å². The number of anilines is 1. The average Bonchev–Trinajstić information content (AvgIpc) is 3.39. The molecule has 4 aromatic rings. The molecular weight excluding hydrogens is 642 g/mol. The molecule has 0 bridgehead atoms. The number of ether oxygens (including phenoxy) is 1. The SMILES string of the molecule is COCCNc1ncc(-c2ccc(F)c(C(N)=O)c2)c([C@H](CC(=O)Cn2nc(C(F)(F)F)c3c2CCCC3)Cc2cc(F)cc(F)c2)n1. The molecule has 0 saturated heterocycles. The second kappa shape index (κ2) is 14.5. The van der Waals surface area contributed by atoms with E-state index in [1.165, 1.54) is 25.4 Å². The summed E-state index contributed by atoms with van der Waals surface area (Å²) in [5.74, 6) is -4.93. The minimum absolute atomic E-state index is 0.0831. The first-order valence-corrected chi connectivity index (χ1v) is 15.2. The molecule has 0 radical (unpaired) electrons. The summed E-state index contributed by atoms with van der Waals surface area (Å²) in [6, 6.07) is 6.49. The van der Waals surface area contributed by atoms with E-state index in [2.05, 4.69) is 20.4 Å².